The van der Waals surface area contributed by atoms with Gasteiger partial charge >= 0.3 is 5.97 Å². The molecule has 2 unspecified atom stereocenters. The number of hydrogen-bond donors (Lipinski definition) is 3. The molecule has 2 atom stereocenters. The molecule has 214 valence electrons. The number of rotatable bonds is 12. The number of ether oxygens (including phenoxy) is 2. The van der Waals surface area contributed by atoms with E-state index in [9.17, 15) is 9.59 Å². The molecule has 0 aliphatic rings. The number of methoxy groups -OCH3 is 1. The van der Waals surface area contributed by atoms with Gasteiger partial charge in [-0.05, 0) is 65.9 Å². The molecule has 1 amide bonds. The minimum Gasteiger partial charge on any atom is -0.494 e. The number of carbonyl (C=O) groups is 2. The number of nitrogen functional groups attached to an aromatic ring is 1. The third kappa shape index (κ3) is 7.95. The van der Waals surface area contributed by atoms with E-state index in [1.165, 1.54) is 7.11 Å². The average molecular weight is 562 g/mol. The van der Waals surface area contributed by atoms with Crippen molar-refractivity contribution in [2.24, 2.45) is 11.7 Å². The Hall–Kier alpha value is -5.17. The molecule has 7 nitrogen and oxygen atoms in total. The fourth-order valence-electron chi connectivity index (χ4n) is 4.65. The Morgan fingerprint density at radius 1 is 0.881 bits per heavy atom. The van der Waals surface area contributed by atoms with Gasteiger partial charge in [0.15, 0.2) is 0 Å². The second kappa shape index (κ2) is 14.5. The zero-order valence-electron chi connectivity index (χ0n) is 23.7. The molecule has 0 radical (unpaired) electrons. The summed E-state index contributed by atoms with van der Waals surface area (Å²) in [6, 6.07) is 31.3. The molecule has 4 rings (SSSR count). The van der Waals surface area contributed by atoms with Gasteiger partial charge in [0, 0.05) is 11.1 Å². The summed E-state index contributed by atoms with van der Waals surface area (Å²) in [5.41, 5.74) is 10.4. The van der Waals surface area contributed by atoms with E-state index in [2.05, 4.69) is 5.32 Å². The lowest BCUT2D eigenvalue weighted by atomic mass is 9.90. The largest absolute Gasteiger partial charge is 0.494 e. The Bertz CT molecular complexity index is 1530. The van der Waals surface area contributed by atoms with Gasteiger partial charge in [-0.3, -0.25) is 15.0 Å². The summed E-state index contributed by atoms with van der Waals surface area (Å²) in [6.45, 7) is 2.55. The minimum atomic E-state index is -0.732. The molecule has 7 heteroatoms. The van der Waals surface area contributed by atoms with Crippen molar-refractivity contribution in [1.82, 2.24) is 5.32 Å². The van der Waals surface area contributed by atoms with Crippen LogP contribution in [0.4, 0.5) is 0 Å². The van der Waals surface area contributed by atoms with E-state index >= 15 is 0 Å². The summed E-state index contributed by atoms with van der Waals surface area (Å²) < 4.78 is 10.7. The lowest BCUT2D eigenvalue weighted by molar-refractivity contribution is -0.145. The van der Waals surface area contributed by atoms with E-state index < -0.39 is 17.9 Å². The van der Waals surface area contributed by atoms with Crippen LogP contribution in [0.1, 0.15) is 34.0 Å². The van der Waals surface area contributed by atoms with Gasteiger partial charge in [0.2, 0.25) is 0 Å². The average Bonchev–Trinajstić information content (AvgIpc) is 3.03. The maximum absolute atomic E-state index is 13.5. The first kappa shape index (κ1) is 29.8. The first-order valence-electron chi connectivity index (χ1n) is 13.8. The lowest BCUT2D eigenvalue weighted by Crippen LogP contribution is -2.43. The molecule has 0 spiro atoms. The highest BCUT2D eigenvalue weighted by Crippen LogP contribution is 2.24. The Morgan fingerprint density at radius 2 is 1.55 bits per heavy atom. The number of hydrogen-bond acceptors (Lipinski definition) is 5. The normalized spacial score (nSPS) is 12.3. The third-order valence-electron chi connectivity index (χ3n) is 6.87. The molecule has 42 heavy (non-hydrogen) atoms. The van der Waals surface area contributed by atoms with Gasteiger partial charge in [-0.15, -0.1) is 0 Å². The molecule has 0 bridgehead atoms. The quantitative estimate of drug-likeness (QED) is 0.114. The highest BCUT2D eigenvalue weighted by atomic mass is 16.5. The van der Waals surface area contributed by atoms with Gasteiger partial charge in [-0.2, -0.15) is 0 Å². The number of esters is 1. The highest BCUT2D eigenvalue weighted by molar-refractivity contribution is 5.96. The van der Waals surface area contributed by atoms with Crippen molar-refractivity contribution >= 4 is 23.8 Å². The Morgan fingerprint density at radius 3 is 2.17 bits per heavy atom. The molecule has 0 aliphatic carbocycles. The van der Waals surface area contributed by atoms with Gasteiger partial charge < -0.3 is 20.5 Å². The van der Waals surface area contributed by atoms with E-state index in [0.717, 1.165) is 28.0 Å². The van der Waals surface area contributed by atoms with Gasteiger partial charge in [0.1, 0.15) is 11.6 Å². The smallest absolute Gasteiger partial charge is 0.311 e. The second-order valence-electron chi connectivity index (χ2n) is 9.75. The van der Waals surface area contributed by atoms with Crippen LogP contribution < -0.4 is 15.8 Å². The SMILES string of the molecule is CCOc1ccc(-c2ccc(C(=O)NC(/C=C/c3ccccc3)C(Cc3cccc(C(=N)N)c3)C(=O)OC)cc2)cc1. The van der Waals surface area contributed by atoms with Crippen LogP contribution in [0, 0.1) is 11.3 Å². The number of amidine groups is 1. The maximum atomic E-state index is 13.5. The number of nitrogens with two attached hydrogens (primary N) is 1. The number of amides is 1. The molecule has 0 heterocycles. The summed E-state index contributed by atoms with van der Waals surface area (Å²) in [7, 11) is 1.33. The zero-order chi connectivity index (χ0) is 29.9. The first-order chi connectivity index (χ1) is 20.4. The van der Waals surface area contributed by atoms with Gasteiger partial charge in [0.25, 0.3) is 5.91 Å². The van der Waals surface area contributed by atoms with Crippen LogP contribution in [0.25, 0.3) is 17.2 Å². The summed E-state index contributed by atoms with van der Waals surface area (Å²) in [6.07, 6.45) is 3.97. The van der Waals surface area contributed by atoms with Crippen LogP contribution in [-0.2, 0) is 16.0 Å². The lowest BCUT2D eigenvalue weighted by Gasteiger charge is -2.24. The first-order valence-corrected chi connectivity index (χ1v) is 13.8. The van der Waals surface area contributed by atoms with E-state index in [-0.39, 0.29) is 18.2 Å². The topological polar surface area (TPSA) is 115 Å². The third-order valence-corrected chi connectivity index (χ3v) is 6.87. The van der Waals surface area contributed by atoms with Gasteiger partial charge in [0.05, 0.1) is 25.7 Å². The molecule has 4 aromatic carbocycles. The van der Waals surface area contributed by atoms with Crippen LogP contribution in [0.2, 0.25) is 0 Å². The van der Waals surface area contributed by atoms with Crippen molar-refractivity contribution in [2.75, 3.05) is 13.7 Å². The van der Waals surface area contributed by atoms with Crippen molar-refractivity contribution in [1.29, 1.82) is 5.41 Å². The minimum absolute atomic E-state index is 0.0611. The Balaban J connectivity index is 1.60. The second-order valence-corrected chi connectivity index (χ2v) is 9.75. The molecule has 0 fully saturated rings. The molecule has 0 aliphatic heterocycles. The van der Waals surface area contributed by atoms with Gasteiger partial charge in [-0.25, -0.2) is 0 Å². The van der Waals surface area contributed by atoms with E-state index in [0.29, 0.717) is 17.7 Å². The van der Waals surface area contributed by atoms with Crippen molar-refractivity contribution in [3.05, 3.63) is 131 Å². The van der Waals surface area contributed by atoms with Crippen LogP contribution in [0.3, 0.4) is 0 Å². The maximum Gasteiger partial charge on any atom is 0.311 e. The van der Waals surface area contributed by atoms with Gasteiger partial charge in [-0.1, -0.05) is 84.9 Å². The van der Waals surface area contributed by atoms with E-state index in [1.54, 1.807) is 30.3 Å². The molecular formula is C35H35N3O4. The fourth-order valence-corrected chi connectivity index (χ4v) is 4.65. The Labute approximate surface area is 246 Å². The summed E-state index contributed by atoms with van der Waals surface area (Å²) >= 11 is 0. The highest BCUT2D eigenvalue weighted by Gasteiger charge is 2.30. The standard InChI is InChI=1S/C35H35N3O4/c1-3-42-30-19-17-27(18-20-30)26-13-15-28(16-14-26)34(39)38-32(21-12-24-8-5-4-6-9-24)31(35(40)41-2)23-25-10-7-11-29(22-25)33(36)37/h4-22,31-32H,3,23H2,1-2H3,(H3,36,37)(H,38,39)/b21-12+. The predicted octanol–water partition coefficient (Wildman–Crippen LogP) is 5.88. The fraction of sp³-hybridized carbons (Fsp3) is 0.171. The van der Waals surface area contributed by atoms with E-state index in [1.807, 2.05) is 91.9 Å². The summed E-state index contributed by atoms with van der Waals surface area (Å²) in [4.78, 5) is 26.6. The summed E-state index contributed by atoms with van der Waals surface area (Å²) in [5.74, 6) is -0.766. The number of benzene rings is 4. The molecule has 4 N–H and O–H groups in total. The molecule has 4 aromatic rings. The van der Waals surface area contributed by atoms with Crippen LogP contribution in [0.15, 0.2) is 109 Å². The number of nitrogens with one attached hydrogen (secondary N) is 2. The predicted molar refractivity (Wildman–Crippen MR) is 166 cm³/mol. The summed E-state index contributed by atoms with van der Waals surface area (Å²) in [5, 5.41) is 10.8. The molecular weight excluding hydrogens is 526 g/mol. The van der Waals surface area contributed by atoms with Crippen LogP contribution >= 0.6 is 0 Å². The van der Waals surface area contributed by atoms with Crippen LogP contribution in [0.5, 0.6) is 5.75 Å². The molecule has 0 aromatic heterocycles. The van der Waals surface area contributed by atoms with Crippen LogP contribution in [-0.4, -0.2) is 37.5 Å². The number of carbonyl (C=O) groups excluding carboxylic acids is 2. The zero-order valence-corrected chi connectivity index (χ0v) is 23.7. The molecule has 0 saturated carbocycles. The monoisotopic (exact) mass is 561 g/mol. The van der Waals surface area contributed by atoms with Crippen molar-refractivity contribution in [2.45, 2.75) is 19.4 Å². The molecule has 0 saturated heterocycles. The van der Waals surface area contributed by atoms with Crippen molar-refractivity contribution in [3.63, 3.8) is 0 Å². The van der Waals surface area contributed by atoms with Crippen molar-refractivity contribution in [3.8, 4) is 16.9 Å². The van der Waals surface area contributed by atoms with Crippen molar-refractivity contribution < 1.29 is 19.1 Å². The van der Waals surface area contributed by atoms with E-state index in [4.69, 9.17) is 20.6 Å². The Kier molecular flexibility index (Phi) is 10.3.